The number of nitrogens with two attached hydrogens (primary N) is 1. The highest BCUT2D eigenvalue weighted by Crippen LogP contribution is 2.66. The van der Waals surface area contributed by atoms with Crippen LogP contribution < -0.4 is 16.7 Å². The Morgan fingerprint density at radius 3 is 2.57 bits per heavy atom. The Bertz CT molecular complexity index is 1660. The monoisotopic (exact) mass is 890 g/mol. The number of rotatable bonds is 23. The van der Waals surface area contributed by atoms with Crippen LogP contribution in [-0.2, 0) is 66.4 Å². The first-order valence-corrected chi connectivity index (χ1v) is 25.2. The molecule has 2 rings (SSSR count). The van der Waals surface area contributed by atoms with Crippen LogP contribution in [0, 0.1) is 11.8 Å². The molecule has 2 heterocycles. The molecule has 3 unspecified atom stereocenters. The van der Waals surface area contributed by atoms with Gasteiger partial charge in [-0.2, -0.15) is 13.6 Å². The van der Waals surface area contributed by atoms with Crippen LogP contribution in [0.25, 0.3) is 0 Å². The third-order valence-corrected chi connectivity index (χ3v) is 14.1. The lowest BCUT2D eigenvalue weighted by molar-refractivity contribution is -0.0544. The fourth-order valence-electron chi connectivity index (χ4n) is 4.33. The van der Waals surface area contributed by atoms with Gasteiger partial charge >= 0.3 is 35.3 Å². The van der Waals surface area contributed by atoms with E-state index >= 15 is 0 Å². The second kappa shape index (κ2) is 22.7. The van der Waals surface area contributed by atoms with Crippen molar-refractivity contribution in [3.8, 4) is 11.8 Å². The third-order valence-electron chi connectivity index (χ3n) is 6.47. The number of hydrogen-bond donors (Lipinski definition) is 6. The highest BCUT2D eigenvalue weighted by Gasteiger charge is 2.43. The molecule has 1 saturated heterocycles. The van der Waals surface area contributed by atoms with Crippen molar-refractivity contribution in [2.75, 3.05) is 50.2 Å². The minimum absolute atomic E-state index is 0.0374. The lowest BCUT2D eigenvalue weighted by Gasteiger charge is -2.22. The Morgan fingerprint density at radius 2 is 1.91 bits per heavy atom. The number of nitrogens with one attached hydrogen (secondary N) is 1. The summed E-state index contributed by atoms with van der Waals surface area (Å²) < 4.78 is 70.5. The SMILES string of the molecule is CCCC(C)(C)SSCOCCCCOC(=O)NCC#Cc1cn([C@H]2C[C@H](OCS(C)=S)[C@@H](COP(=O)(O)OP(=O)(O)OP(=O)(O)O)O2)c(=O)nc1N. The smallest absolute Gasteiger partial charge is 0.450 e. The number of alkyl carbamates (subject to hydrolysis) is 1. The van der Waals surface area contributed by atoms with Gasteiger partial charge in [0.25, 0.3) is 0 Å². The van der Waals surface area contributed by atoms with Crippen molar-refractivity contribution in [2.24, 2.45) is 0 Å². The first kappa shape index (κ1) is 48.2. The molecule has 1 aliphatic rings. The van der Waals surface area contributed by atoms with Crippen LogP contribution in [0.4, 0.5) is 10.6 Å². The molecule has 20 nitrogen and oxygen atoms in total. The number of phosphoric acid groups is 3. The Morgan fingerprint density at radius 1 is 1.21 bits per heavy atom. The lowest BCUT2D eigenvalue weighted by atomic mass is 10.1. The van der Waals surface area contributed by atoms with Gasteiger partial charge < -0.3 is 49.6 Å². The van der Waals surface area contributed by atoms with Crippen LogP contribution in [0.2, 0.25) is 0 Å². The van der Waals surface area contributed by atoms with Crippen molar-refractivity contribution >= 4 is 77.6 Å². The molecule has 0 aliphatic carbocycles. The first-order chi connectivity index (χ1) is 24.6. The molecule has 6 atom stereocenters. The molecule has 1 aromatic heterocycles. The number of unbranched alkanes of at least 4 members (excludes halogenated alkanes) is 1. The zero-order chi connectivity index (χ0) is 39.9. The molecule has 7 N–H and O–H groups in total. The Kier molecular flexibility index (Phi) is 20.7. The molecular formula is C26H45N4O16P3S4. The molecule has 27 heteroatoms. The van der Waals surface area contributed by atoms with Gasteiger partial charge in [-0.25, -0.2) is 23.3 Å². The fourth-order valence-corrected chi connectivity index (χ4v) is 10.3. The number of anilines is 1. The van der Waals surface area contributed by atoms with Crippen LogP contribution in [0.5, 0.6) is 0 Å². The van der Waals surface area contributed by atoms with Gasteiger partial charge in [0.05, 0.1) is 37.4 Å². The predicted molar refractivity (Wildman–Crippen MR) is 202 cm³/mol. The van der Waals surface area contributed by atoms with Gasteiger partial charge in [-0.05, 0) is 50.6 Å². The summed E-state index contributed by atoms with van der Waals surface area (Å²) in [5.74, 6) is 5.81. The third kappa shape index (κ3) is 20.2. The van der Waals surface area contributed by atoms with E-state index in [2.05, 4.69) is 51.5 Å². The molecule has 1 fully saturated rings. The summed E-state index contributed by atoms with van der Waals surface area (Å²) in [5.41, 5.74) is 5.15. The average Bonchev–Trinajstić information content (AvgIpc) is 3.42. The molecular weight excluding hydrogens is 845 g/mol. The summed E-state index contributed by atoms with van der Waals surface area (Å²) in [5, 5.41) is 2.48. The van der Waals surface area contributed by atoms with Gasteiger partial charge in [0.2, 0.25) is 0 Å². The Labute approximate surface area is 321 Å². The summed E-state index contributed by atoms with van der Waals surface area (Å²) in [6.45, 7) is 6.37. The number of hydrogen-bond acceptors (Lipinski definition) is 17. The number of nitrogen functional groups attached to an aromatic ring is 1. The zero-order valence-corrected chi connectivity index (χ0v) is 35.2. The fraction of sp³-hybridized carbons (Fsp3) is 0.731. The standard InChI is InChI=1S/C26H45N4O16P3S4/c1-5-10-26(2,3)52-51-17-40-12-6-7-13-41-25(32)28-11-8-9-19-15-30(24(31)29-23(19)27)22-14-20(42-18-53(4)50)21(44-22)16-43-48(36,37)46-49(38,39)45-47(33,34)35/h15,20-22H,5-7,10-14,16-18H2,1-4H3,(H,28,32)(H,36,37)(H,38,39)(H2,27,29,31)(H2,33,34,35)/t20-,21+,22+,53?/m0/s1. The highest BCUT2D eigenvalue weighted by atomic mass is 33.1. The second-order valence-electron chi connectivity index (χ2n) is 11.6. The van der Waals surface area contributed by atoms with E-state index in [0.29, 0.717) is 19.0 Å². The molecule has 0 radical (unpaired) electrons. The van der Waals surface area contributed by atoms with Crippen LogP contribution in [-0.4, -0.2) is 96.7 Å². The maximum atomic E-state index is 12.8. The number of carbonyl (C=O) groups is 1. The topological polar surface area (TPSA) is 287 Å². The van der Waals surface area contributed by atoms with Gasteiger partial charge in [-0.1, -0.05) is 56.2 Å². The number of amides is 1. The van der Waals surface area contributed by atoms with Gasteiger partial charge in [-0.15, -0.1) is 0 Å². The van der Waals surface area contributed by atoms with E-state index in [1.54, 1.807) is 17.0 Å². The summed E-state index contributed by atoms with van der Waals surface area (Å²) in [6, 6.07) is 0. The number of carbonyl (C=O) groups excluding carboxylic acids is 1. The minimum atomic E-state index is -5.75. The van der Waals surface area contributed by atoms with E-state index in [9.17, 15) is 33.1 Å². The summed E-state index contributed by atoms with van der Waals surface area (Å²) in [6.07, 6.45) is 2.63. The number of ether oxygens (including phenoxy) is 4. The van der Waals surface area contributed by atoms with Crippen LogP contribution in [0.1, 0.15) is 64.7 Å². The Hall–Kier alpha value is -0.930. The largest absolute Gasteiger partial charge is 0.490 e. The van der Waals surface area contributed by atoms with E-state index in [0.717, 1.165) is 23.8 Å². The van der Waals surface area contributed by atoms with Crippen LogP contribution >= 0.6 is 45.1 Å². The normalized spacial score (nSPS) is 20.5. The molecule has 304 valence electrons. The quantitative estimate of drug-likeness (QED) is 0.0302. The summed E-state index contributed by atoms with van der Waals surface area (Å²) >= 11 is 5.14. The molecule has 1 amide bonds. The molecule has 0 spiro atoms. The van der Waals surface area contributed by atoms with E-state index in [1.807, 2.05) is 10.8 Å². The van der Waals surface area contributed by atoms with Gasteiger partial charge in [-0.3, -0.25) is 9.09 Å². The van der Waals surface area contributed by atoms with E-state index in [1.165, 1.54) is 6.20 Å². The predicted octanol–water partition coefficient (Wildman–Crippen LogP) is 3.30. The number of aromatic nitrogens is 2. The van der Waals surface area contributed by atoms with E-state index in [-0.39, 0.29) is 41.6 Å². The van der Waals surface area contributed by atoms with Crippen molar-refractivity contribution in [3.05, 3.63) is 22.2 Å². The maximum Gasteiger partial charge on any atom is 0.490 e. The van der Waals surface area contributed by atoms with Crippen molar-refractivity contribution in [2.45, 2.75) is 76.1 Å². The molecule has 0 aromatic carbocycles. The van der Waals surface area contributed by atoms with Gasteiger partial charge in [0, 0.05) is 24.0 Å². The Balaban J connectivity index is 1.92. The maximum absolute atomic E-state index is 12.8. The minimum Gasteiger partial charge on any atom is -0.450 e. The van der Waals surface area contributed by atoms with Crippen LogP contribution in [0.15, 0.2) is 11.0 Å². The van der Waals surface area contributed by atoms with E-state index in [4.69, 9.17) is 50.2 Å². The molecule has 53 heavy (non-hydrogen) atoms. The van der Waals surface area contributed by atoms with Crippen LogP contribution in [0.3, 0.4) is 0 Å². The average molecular weight is 891 g/mol. The van der Waals surface area contributed by atoms with Crippen molar-refractivity contribution in [1.82, 2.24) is 14.9 Å². The molecule has 0 bridgehead atoms. The van der Waals surface area contributed by atoms with Crippen molar-refractivity contribution in [1.29, 1.82) is 0 Å². The zero-order valence-electron chi connectivity index (χ0n) is 29.2. The first-order valence-electron chi connectivity index (χ1n) is 15.6. The van der Waals surface area contributed by atoms with Crippen molar-refractivity contribution < 1.29 is 70.2 Å². The number of phosphoric ester groups is 1. The highest BCUT2D eigenvalue weighted by molar-refractivity contribution is 8.77. The summed E-state index contributed by atoms with van der Waals surface area (Å²) in [7, 11) is -14.0. The molecule has 0 saturated carbocycles. The summed E-state index contributed by atoms with van der Waals surface area (Å²) in [4.78, 5) is 65.3. The number of nitrogens with zero attached hydrogens (tertiary/aromatic N) is 2. The lowest BCUT2D eigenvalue weighted by Crippen LogP contribution is -2.30. The molecule has 1 aromatic rings. The second-order valence-corrected chi connectivity index (χ2v) is 22.1. The van der Waals surface area contributed by atoms with Gasteiger partial charge in [0.15, 0.2) is 0 Å². The van der Waals surface area contributed by atoms with Crippen molar-refractivity contribution in [3.63, 3.8) is 0 Å². The molecule has 1 aliphatic heterocycles. The van der Waals surface area contributed by atoms with E-state index < -0.39 is 69.7 Å². The van der Waals surface area contributed by atoms with Gasteiger partial charge in [0.1, 0.15) is 24.1 Å².